The molecule has 2 heterocycles. The largest absolute Gasteiger partial charge is 0.410 e. The Morgan fingerprint density at radius 1 is 1.19 bits per heavy atom. The van der Waals surface area contributed by atoms with Crippen LogP contribution in [0.3, 0.4) is 0 Å². The molecule has 0 aliphatic carbocycles. The van der Waals surface area contributed by atoms with E-state index in [-0.39, 0.29) is 0 Å². The molecule has 0 saturated heterocycles. The first-order valence-corrected chi connectivity index (χ1v) is 8.37. The Hall–Kier alpha value is -3.54. The van der Waals surface area contributed by atoms with Gasteiger partial charge in [-0.3, -0.25) is 0 Å². The maximum atomic E-state index is 11.0. The van der Waals surface area contributed by atoms with Gasteiger partial charge in [-0.05, 0) is 41.8 Å². The van der Waals surface area contributed by atoms with Crippen molar-refractivity contribution in [3.63, 3.8) is 0 Å². The summed E-state index contributed by atoms with van der Waals surface area (Å²) in [4.78, 5) is 14.1. The highest BCUT2D eigenvalue weighted by atomic mass is 16.5. The highest BCUT2D eigenvalue weighted by Crippen LogP contribution is 2.30. The minimum Gasteiger partial charge on any atom is -0.408 e. The summed E-state index contributed by atoms with van der Waals surface area (Å²) in [6.45, 7) is 2.13. The lowest BCUT2D eigenvalue weighted by atomic mass is 10.1. The van der Waals surface area contributed by atoms with Crippen molar-refractivity contribution in [3.8, 4) is 22.6 Å². The lowest BCUT2D eigenvalue weighted by Gasteiger charge is -2.03. The number of benzene rings is 2. The molecule has 2 aromatic heterocycles. The molecule has 0 radical (unpaired) electrons. The molecule has 0 fully saturated rings. The van der Waals surface area contributed by atoms with Gasteiger partial charge >= 0.3 is 6.09 Å². The number of fused-ring (bicyclic) bond motifs is 1. The number of nitrogens with one attached hydrogen (secondary N) is 1. The normalized spacial score (nSPS) is 11.0. The Bertz CT molecular complexity index is 1080. The van der Waals surface area contributed by atoms with Gasteiger partial charge in [0.05, 0.1) is 11.9 Å². The molecule has 130 valence electrons. The molecular weight excluding hydrogens is 328 g/mol. The second kappa shape index (κ2) is 6.40. The summed E-state index contributed by atoms with van der Waals surface area (Å²) in [5, 5.41) is 5.25. The lowest BCUT2D eigenvalue weighted by molar-refractivity contribution is 0.211. The summed E-state index contributed by atoms with van der Waals surface area (Å²) < 4.78 is 6.89. The van der Waals surface area contributed by atoms with Crippen LogP contribution in [0.15, 0.2) is 61.1 Å². The van der Waals surface area contributed by atoms with E-state index in [1.165, 1.54) is 5.56 Å². The minimum absolute atomic E-state index is 0.414. The molecule has 4 aromatic rings. The quantitative estimate of drug-likeness (QED) is 0.585. The third-order valence-electron chi connectivity index (χ3n) is 4.38. The minimum atomic E-state index is -0.834. The van der Waals surface area contributed by atoms with Crippen molar-refractivity contribution < 1.29 is 9.53 Å². The van der Waals surface area contributed by atoms with Crippen LogP contribution in [0.25, 0.3) is 27.7 Å². The molecule has 2 aromatic carbocycles. The molecule has 4 rings (SSSR count). The van der Waals surface area contributed by atoms with Crippen LogP contribution >= 0.6 is 0 Å². The van der Waals surface area contributed by atoms with E-state index in [2.05, 4.69) is 41.3 Å². The molecule has 3 N–H and O–H groups in total. The van der Waals surface area contributed by atoms with E-state index >= 15 is 0 Å². The van der Waals surface area contributed by atoms with Crippen molar-refractivity contribution in [2.75, 3.05) is 0 Å². The van der Waals surface area contributed by atoms with E-state index in [0.717, 1.165) is 34.1 Å². The Morgan fingerprint density at radius 3 is 2.73 bits per heavy atom. The molecule has 0 bridgehead atoms. The fourth-order valence-electron chi connectivity index (χ4n) is 2.96. The molecule has 0 atom stereocenters. The SMILES string of the molecule is CCc1ccc(-n2cc(-c3ccc4[nH]cc(OC(N)=O)c4c3)cn2)cc1. The van der Waals surface area contributed by atoms with Gasteiger partial charge in [0.1, 0.15) is 0 Å². The molecule has 0 unspecified atom stereocenters. The molecule has 0 aliphatic heterocycles. The highest BCUT2D eigenvalue weighted by molar-refractivity contribution is 5.91. The van der Waals surface area contributed by atoms with Crippen LogP contribution in [0.1, 0.15) is 12.5 Å². The summed E-state index contributed by atoms with van der Waals surface area (Å²) in [5.41, 5.74) is 10.2. The molecule has 6 nitrogen and oxygen atoms in total. The maximum Gasteiger partial charge on any atom is 0.410 e. The Balaban J connectivity index is 1.69. The molecule has 0 saturated carbocycles. The predicted molar refractivity (Wildman–Crippen MR) is 100 cm³/mol. The average molecular weight is 346 g/mol. The van der Waals surface area contributed by atoms with Crippen molar-refractivity contribution >= 4 is 17.0 Å². The number of rotatable bonds is 4. The number of aryl methyl sites for hydroxylation is 1. The summed E-state index contributed by atoms with van der Waals surface area (Å²) in [6, 6.07) is 14.2. The molecule has 0 spiro atoms. The summed E-state index contributed by atoms with van der Waals surface area (Å²) in [6.07, 6.45) is 5.59. The number of carbonyl (C=O) groups excluding carboxylic acids is 1. The van der Waals surface area contributed by atoms with Gasteiger partial charge in [0.15, 0.2) is 5.75 Å². The van der Waals surface area contributed by atoms with E-state index in [1.807, 2.05) is 35.3 Å². The van der Waals surface area contributed by atoms with Crippen LogP contribution < -0.4 is 10.5 Å². The smallest absolute Gasteiger partial charge is 0.408 e. The Kier molecular flexibility index (Phi) is 3.93. The average Bonchev–Trinajstić information content (AvgIpc) is 3.29. The number of hydrogen-bond donors (Lipinski definition) is 2. The van der Waals surface area contributed by atoms with Gasteiger partial charge in [-0.15, -0.1) is 0 Å². The van der Waals surface area contributed by atoms with Crippen molar-refractivity contribution in [3.05, 3.63) is 66.6 Å². The highest BCUT2D eigenvalue weighted by Gasteiger charge is 2.10. The van der Waals surface area contributed by atoms with Crippen LogP contribution in [0.2, 0.25) is 0 Å². The first kappa shape index (κ1) is 16.0. The van der Waals surface area contributed by atoms with E-state index < -0.39 is 6.09 Å². The zero-order valence-electron chi connectivity index (χ0n) is 14.3. The number of aromatic nitrogens is 3. The summed E-state index contributed by atoms with van der Waals surface area (Å²) in [5.74, 6) is 0.414. The topological polar surface area (TPSA) is 85.9 Å². The van der Waals surface area contributed by atoms with E-state index in [1.54, 1.807) is 6.20 Å². The standard InChI is InChI=1S/C20H18N4O2/c1-2-13-3-6-16(7-4-13)24-12-15(10-23-24)14-5-8-18-17(9-14)19(11-22-18)26-20(21)25/h3-12,22H,2H2,1H3,(H2,21,25). The number of H-pyrrole nitrogens is 1. The van der Waals surface area contributed by atoms with E-state index in [9.17, 15) is 4.79 Å². The summed E-state index contributed by atoms with van der Waals surface area (Å²) >= 11 is 0. The number of carbonyl (C=O) groups is 1. The Labute approximate surface area is 150 Å². The van der Waals surface area contributed by atoms with Crippen LogP contribution in [0, 0.1) is 0 Å². The maximum absolute atomic E-state index is 11.0. The summed E-state index contributed by atoms with van der Waals surface area (Å²) in [7, 11) is 0. The number of amides is 1. The zero-order valence-corrected chi connectivity index (χ0v) is 14.3. The van der Waals surface area contributed by atoms with Crippen LogP contribution in [0.4, 0.5) is 4.79 Å². The first-order chi connectivity index (χ1) is 12.6. The van der Waals surface area contributed by atoms with Gasteiger partial charge in [-0.25, -0.2) is 9.48 Å². The third-order valence-corrected chi connectivity index (χ3v) is 4.38. The molecule has 6 heteroatoms. The number of ether oxygens (including phenoxy) is 1. The van der Waals surface area contributed by atoms with Gasteiger partial charge in [0, 0.05) is 28.9 Å². The zero-order chi connectivity index (χ0) is 18.1. The monoisotopic (exact) mass is 346 g/mol. The molecule has 0 aliphatic rings. The van der Waals surface area contributed by atoms with E-state index in [0.29, 0.717) is 5.75 Å². The number of aromatic amines is 1. The number of nitrogens with zero attached hydrogens (tertiary/aromatic N) is 2. The van der Waals surface area contributed by atoms with E-state index in [4.69, 9.17) is 10.5 Å². The number of primary amides is 1. The fourth-order valence-corrected chi connectivity index (χ4v) is 2.96. The fraction of sp³-hybridized carbons (Fsp3) is 0.100. The van der Waals surface area contributed by atoms with Gasteiger partial charge < -0.3 is 15.5 Å². The van der Waals surface area contributed by atoms with Crippen LogP contribution in [-0.2, 0) is 6.42 Å². The van der Waals surface area contributed by atoms with Crippen molar-refractivity contribution in [1.82, 2.24) is 14.8 Å². The van der Waals surface area contributed by atoms with Gasteiger partial charge in [-0.2, -0.15) is 5.10 Å². The number of hydrogen-bond acceptors (Lipinski definition) is 3. The van der Waals surface area contributed by atoms with Gasteiger partial charge in [0.25, 0.3) is 0 Å². The van der Waals surface area contributed by atoms with Crippen molar-refractivity contribution in [1.29, 1.82) is 0 Å². The number of nitrogens with two attached hydrogens (primary N) is 1. The van der Waals surface area contributed by atoms with Gasteiger partial charge in [-0.1, -0.05) is 25.1 Å². The molecule has 1 amide bonds. The van der Waals surface area contributed by atoms with Crippen LogP contribution in [0.5, 0.6) is 5.75 Å². The second-order valence-electron chi connectivity index (χ2n) is 6.03. The van der Waals surface area contributed by atoms with Gasteiger partial charge in [0.2, 0.25) is 0 Å². The predicted octanol–water partition coefficient (Wildman–Crippen LogP) is 4.04. The third kappa shape index (κ3) is 2.93. The Morgan fingerprint density at radius 2 is 2.00 bits per heavy atom. The second-order valence-corrected chi connectivity index (χ2v) is 6.03. The first-order valence-electron chi connectivity index (χ1n) is 8.37. The lowest BCUT2D eigenvalue weighted by Crippen LogP contribution is -2.15. The van der Waals surface area contributed by atoms with Crippen LogP contribution in [-0.4, -0.2) is 20.9 Å². The molecule has 26 heavy (non-hydrogen) atoms. The molecular formula is C20H18N4O2. The van der Waals surface area contributed by atoms with Crippen molar-refractivity contribution in [2.45, 2.75) is 13.3 Å². The van der Waals surface area contributed by atoms with Crippen molar-refractivity contribution in [2.24, 2.45) is 5.73 Å².